The van der Waals surface area contributed by atoms with Crippen LogP contribution in [0.1, 0.15) is 9.80 Å². The second-order valence-corrected chi connectivity index (χ2v) is 2.89. The summed E-state index contributed by atoms with van der Waals surface area (Å²) in [6.45, 7) is 0. The molecule has 0 radical (unpaired) electrons. The molecule has 0 atom stereocenters. The fourth-order valence-corrected chi connectivity index (χ4v) is 1.17. The van der Waals surface area contributed by atoms with Gasteiger partial charge in [-0.2, -0.15) is 0 Å². The smallest absolute Gasteiger partial charge is 0.273 e. The van der Waals surface area contributed by atoms with Crippen LogP contribution in [-0.2, 0) is 0 Å². The van der Waals surface area contributed by atoms with Crippen LogP contribution in [0.5, 0.6) is 0 Å². The average molecular weight is 193 g/mol. The van der Waals surface area contributed by atoms with Crippen LogP contribution in [0.3, 0.4) is 0 Å². The molecule has 0 amide bonds. The van der Waals surface area contributed by atoms with E-state index in [0.717, 1.165) is 6.20 Å². The van der Waals surface area contributed by atoms with Crippen LogP contribution in [0, 0.1) is 10.1 Å². The molecule has 0 bridgehead atoms. The molecule has 11 heavy (non-hydrogen) atoms. The van der Waals surface area contributed by atoms with Crippen molar-refractivity contribution in [3.05, 3.63) is 21.3 Å². The van der Waals surface area contributed by atoms with Gasteiger partial charge in [0.2, 0.25) is 0 Å². The summed E-state index contributed by atoms with van der Waals surface area (Å²) in [7, 11) is 0. The Hall–Kier alpha value is -1.01. The monoisotopic (exact) mass is 192 g/mol. The molecule has 58 valence electrons. The van der Waals surface area contributed by atoms with Crippen LogP contribution in [-0.4, -0.2) is 15.1 Å². The summed E-state index contributed by atoms with van der Waals surface area (Å²) in [4.78, 5) is 23.2. The average Bonchev–Trinajstić information content (AvgIpc) is 2.33. The van der Waals surface area contributed by atoms with Crippen LogP contribution >= 0.6 is 22.9 Å². The summed E-state index contributed by atoms with van der Waals surface area (Å²) in [5.41, 5.74) is 0. The van der Waals surface area contributed by atoms with Crippen molar-refractivity contribution in [3.63, 3.8) is 0 Å². The van der Waals surface area contributed by atoms with Crippen molar-refractivity contribution in [2.75, 3.05) is 0 Å². The molecule has 0 fully saturated rings. The highest BCUT2D eigenvalue weighted by atomic mass is 35.5. The Labute approximate surface area is 69.8 Å². The van der Waals surface area contributed by atoms with Crippen molar-refractivity contribution < 1.29 is 9.72 Å². The first-order valence-corrected chi connectivity index (χ1v) is 3.61. The zero-order valence-electron chi connectivity index (χ0n) is 4.98. The minimum absolute atomic E-state index is 0.0571. The van der Waals surface area contributed by atoms with E-state index in [0.29, 0.717) is 11.3 Å². The first-order valence-electron chi connectivity index (χ1n) is 2.41. The Morgan fingerprint density at radius 2 is 2.45 bits per heavy atom. The van der Waals surface area contributed by atoms with Gasteiger partial charge in [0.05, 0.1) is 4.92 Å². The van der Waals surface area contributed by atoms with Crippen LogP contribution < -0.4 is 0 Å². The van der Waals surface area contributed by atoms with E-state index < -0.39 is 10.2 Å². The Bertz CT molecular complexity index is 282. The number of thiazole rings is 1. The lowest BCUT2D eigenvalue weighted by Crippen LogP contribution is -1.83. The van der Waals surface area contributed by atoms with E-state index in [-0.39, 0.29) is 10.0 Å². The minimum atomic E-state index is -0.775. The number of nitro groups is 1. The van der Waals surface area contributed by atoms with Gasteiger partial charge in [0.25, 0.3) is 5.24 Å². The van der Waals surface area contributed by atoms with Gasteiger partial charge < -0.3 is 0 Å². The molecule has 0 N–H and O–H groups in total. The van der Waals surface area contributed by atoms with Gasteiger partial charge in [0.1, 0.15) is 6.20 Å². The van der Waals surface area contributed by atoms with Crippen molar-refractivity contribution in [1.29, 1.82) is 0 Å². The predicted molar refractivity (Wildman–Crippen MR) is 39.0 cm³/mol. The summed E-state index contributed by atoms with van der Waals surface area (Å²) >= 11 is 5.67. The van der Waals surface area contributed by atoms with E-state index in [9.17, 15) is 14.9 Å². The summed E-state index contributed by atoms with van der Waals surface area (Å²) in [5.74, 6) is 0. The molecule has 0 spiro atoms. The van der Waals surface area contributed by atoms with Crippen LogP contribution in [0.25, 0.3) is 0 Å². The van der Waals surface area contributed by atoms with Gasteiger partial charge in [0, 0.05) is 0 Å². The Morgan fingerprint density at radius 3 is 2.73 bits per heavy atom. The van der Waals surface area contributed by atoms with Gasteiger partial charge in [-0.25, -0.2) is 4.98 Å². The van der Waals surface area contributed by atoms with Crippen molar-refractivity contribution in [1.82, 2.24) is 4.98 Å². The molecule has 0 saturated heterocycles. The molecule has 1 aromatic rings. The molecule has 0 aromatic carbocycles. The van der Waals surface area contributed by atoms with Crippen molar-refractivity contribution in [3.8, 4) is 0 Å². The molecule has 0 aliphatic heterocycles. The highest BCUT2D eigenvalue weighted by molar-refractivity contribution is 7.18. The second-order valence-electron chi connectivity index (χ2n) is 1.53. The lowest BCUT2D eigenvalue weighted by atomic mass is 10.8. The largest absolute Gasteiger partial charge is 0.344 e. The molecule has 1 rings (SSSR count). The molecule has 0 aliphatic rings. The normalized spacial score (nSPS) is 9.55. The molecule has 5 nitrogen and oxygen atoms in total. The number of halogens is 1. The lowest BCUT2D eigenvalue weighted by molar-refractivity contribution is -0.380. The molecular formula is C4HClN2O3S. The number of hydrogen-bond donors (Lipinski definition) is 0. The Kier molecular flexibility index (Phi) is 2.16. The molecule has 7 heteroatoms. The van der Waals surface area contributed by atoms with Crippen molar-refractivity contribution >= 4 is 33.2 Å². The highest BCUT2D eigenvalue weighted by Crippen LogP contribution is 2.21. The third-order valence-electron chi connectivity index (χ3n) is 0.842. The number of nitrogens with zero attached hydrogens (tertiary/aromatic N) is 2. The molecule has 0 aliphatic carbocycles. The van der Waals surface area contributed by atoms with Gasteiger partial charge in [0.15, 0.2) is 5.01 Å². The van der Waals surface area contributed by atoms with E-state index in [1.807, 2.05) is 0 Å². The quantitative estimate of drug-likeness (QED) is 0.404. The summed E-state index contributed by atoms with van der Waals surface area (Å²) in [6.07, 6.45) is 1.00. The maximum Gasteiger partial charge on any atom is 0.344 e. The van der Waals surface area contributed by atoms with Gasteiger partial charge in [-0.3, -0.25) is 14.9 Å². The Morgan fingerprint density at radius 1 is 1.82 bits per heavy atom. The summed E-state index contributed by atoms with van der Waals surface area (Å²) < 4.78 is 0. The molecule has 1 aromatic heterocycles. The van der Waals surface area contributed by atoms with Crippen LogP contribution in [0.15, 0.2) is 6.20 Å². The standard InChI is InChI=1S/C4HClN2O3S/c5-3(8)4-6-1-2(11-4)7(9)10/h1H. The van der Waals surface area contributed by atoms with E-state index >= 15 is 0 Å². The number of carbonyl (C=O) groups excluding carboxylic acids is 1. The van der Waals surface area contributed by atoms with E-state index in [2.05, 4.69) is 4.98 Å². The van der Waals surface area contributed by atoms with Gasteiger partial charge in [-0.15, -0.1) is 0 Å². The fourth-order valence-electron chi connectivity index (χ4n) is 0.441. The Balaban J connectivity index is 2.99. The number of rotatable bonds is 2. The number of aromatic nitrogens is 1. The van der Waals surface area contributed by atoms with E-state index in [4.69, 9.17) is 11.6 Å². The van der Waals surface area contributed by atoms with Gasteiger partial charge >= 0.3 is 5.00 Å². The van der Waals surface area contributed by atoms with E-state index in [1.54, 1.807) is 0 Å². The fraction of sp³-hybridized carbons (Fsp3) is 0. The molecule has 1 heterocycles. The third-order valence-corrected chi connectivity index (χ3v) is 2.08. The second kappa shape index (κ2) is 2.93. The summed E-state index contributed by atoms with van der Waals surface area (Å²) in [5, 5.41) is 9.04. The minimum Gasteiger partial charge on any atom is -0.273 e. The predicted octanol–water partition coefficient (Wildman–Crippen LogP) is 1.43. The molecule has 0 unspecified atom stereocenters. The zero-order chi connectivity index (χ0) is 8.43. The highest BCUT2D eigenvalue weighted by Gasteiger charge is 2.14. The van der Waals surface area contributed by atoms with Crippen LogP contribution in [0.4, 0.5) is 5.00 Å². The van der Waals surface area contributed by atoms with Crippen molar-refractivity contribution in [2.24, 2.45) is 0 Å². The lowest BCUT2D eigenvalue weighted by Gasteiger charge is -1.78. The maximum absolute atomic E-state index is 10.4. The SMILES string of the molecule is O=C(Cl)c1ncc([N+](=O)[O-])s1. The van der Waals surface area contributed by atoms with Crippen molar-refractivity contribution in [2.45, 2.75) is 0 Å². The molecular weight excluding hydrogens is 192 g/mol. The van der Waals surface area contributed by atoms with Crippen LogP contribution in [0.2, 0.25) is 0 Å². The van der Waals surface area contributed by atoms with E-state index in [1.165, 1.54) is 0 Å². The first-order chi connectivity index (χ1) is 5.11. The summed E-state index contributed by atoms with van der Waals surface area (Å²) in [6, 6.07) is 0. The number of carbonyl (C=O) groups is 1. The maximum atomic E-state index is 10.4. The van der Waals surface area contributed by atoms with Gasteiger partial charge in [-0.1, -0.05) is 0 Å². The third kappa shape index (κ3) is 1.72. The first kappa shape index (κ1) is 8.09. The molecule has 0 saturated carbocycles. The van der Waals surface area contributed by atoms with Gasteiger partial charge in [-0.05, 0) is 22.9 Å². The topological polar surface area (TPSA) is 73.1 Å². The zero-order valence-corrected chi connectivity index (χ0v) is 6.56. The number of hydrogen-bond acceptors (Lipinski definition) is 5.